The fraction of sp³-hybridized carbons (Fsp3) is 0.312. The third-order valence-corrected chi connectivity index (χ3v) is 8.08. The normalized spacial score (nSPS) is 18.0. The Balaban J connectivity index is 1.08. The molecule has 0 spiro atoms. The van der Waals surface area contributed by atoms with Crippen LogP contribution in [-0.4, -0.2) is 30.7 Å². The summed E-state index contributed by atoms with van der Waals surface area (Å²) < 4.78 is 1.97. The summed E-state index contributed by atoms with van der Waals surface area (Å²) in [5.74, 6) is 0.803. The summed E-state index contributed by atoms with van der Waals surface area (Å²) in [6.07, 6.45) is 13.3. The van der Waals surface area contributed by atoms with Crippen LogP contribution in [-0.2, 0) is 19.5 Å². The highest BCUT2D eigenvalue weighted by Crippen LogP contribution is 2.33. The summed E-state index contributed by atoms with van der Waals surface area (Å²) >= 11 is 0. The molecule has 0 atom stereocenters. The van der Waals surface area contributed by atoms with Crippen molar-refractivity contribution in [3.63, 3.8) is 0 Å². The van der Waals surface area contributed by atoms with Gasteiger partial charge in [0.05, 0.1) is 0 Å². The molecule has 0 radical (unpaired) electrons. The van der Waals surface area contributed by atoms with E-state index < -0.39 is 0 Å². The van der Waals surface area contributed by atoms with Gasteiger partial charge >= 0.3 is 0 Å². The molecule has 1 aliphatic carbocycles. The second kappa shape index (κ2) is 11.1. The van der Waals surface area contributed by atoms with E-state index in [-0.39, 0.29) is 0 Å². The molecule has 6 rings (SSSR count). The van der Waals surface area contributed by atoms with Crippen molar-refractivity contribution in [2.24, 2.45) is 5.92 Å². The van der Waals surface area contributed by atoms with Crippen LogP contribution in [0, 0.1) is 5.92 Å². The topological polar surface area (TPSA) is 49.7 Å². The largest absolute Gasteiger partial charge is 0.361 e. The molecule has 188 valence electrons. The first-order valence-electron chi connectivity index (χ1n) is 13.6. The summed E-state index contributed by atoms with van der Waals surface area (Å²) in [5.41, 5.74) is 6.54. The molecule has 0 unspecified atom stereocenters. The second-order valence-electron chi connectivity index (χ2n) is 10.5. The van der Waals surface area contributed by atoms with Crippen LogP contribution in [0.3, 0.4) is 0 Å². The molecular formula is C32H35N5. The van der Waals surface area contributed by atoms with Crippen molar-refractivity contribution in [2.45, 2.75) is 57.7 Å². The average Bonchev–Trinajstić information content (AvgIpc) is 3.63. The van der Waals surface area contributed by atoms with Gasteiger partial charge in [-0.05, 0) is 79.3 Å². The standard InChI is InChI=1S/C32H35N5/c1-3-7-26(8-4-1)21-36(22-27-9-5-2-6-10-27)29-15-12-25(13-16-29)11-14-28-20-33-32-18-17-30(19-31(28)32)37-23-34-35-24-37/h1-10,17-20,23-25,29,33H,11-16,21-22H2/t25-,29+. The number of H-pyrrole nitrogens is 1. The fourth-order valence-electron chi connectivity index (χ4n) is 5.98. The molecule has 1 aliphatic rings. The zero-order valence-corrected chi connectivity index (χ0v) is 21.3. The lowest BCUT2D eigenvalue weighted by molar-refractivity contribution is 0.119. The van der Waals surface area contributed by atoms with Crippen molar-refractivity contribution in [3.05, 3.63) is 114 Å². The van der Waals surface area contributed by atoms with Gasteiger partial charge in [-0.25, -0.2) is 0 Å². The molecule has 5 aromatic rings. The molecular weight excluding hydrogens is 454 g/mol. The van der Waals surface area contributed by atoms with E-state index in [9.17, 15) is 0 Å². The van der Waals surface area contributed by atoms with E-state index in [1.54, 1.807) is 12.7 Å². The lowest BCUT2D eigenvalue weighted by Gasteiger charge is -2.37. The SMILES string of the molecule is c1ccc(CN(Cc2ccccc2)[C@H]2CC[C@@H](CCc3c[nH]c4ccc(-n5cnnc5)cc34)CC2)cc1. The number of rotatable bonds is 9. The quantitative estimate of drug-likeness (QED) is 0.244. The summed E-state index contributed by atoms with van der Waals surface area (Å²) in [5, 5.41) is 9.22. The van der Waals surface area contributed by atoms with Crippen molar-refractivity contribution in [2.75, 3.05) is 0 Å². The zero-order chi connectivity index (χ0) is 24.9. The summed E-state index contributed by atoms with van der Waals surface area (Å²) in [6.45, 7) is 2.05. The first kappa shape index (κ1) is 23.7. The maximum absolute atomic E-state index is 3.95. The van der Waals surface area contributed by atoms with Crippen molar-refractivity contribution in [1.29, 1.82) is 0 Å². The van der Waals surface area contributed by atoms with Gasteiger partial charge in [-0.15, -0.1) is 10.2 Å². The van der Waals surface area contributed by atoms with Gasteiger partial charge in [0.2, 0.25) is 0 Å². The summed E-state index contributed by atoms with van der Waals surface area (Å²) in [7, 11) is 0. The minimum atomic E-state index is 0.649. The Morgan fingerprint density at radius 3 is 2.08 bits per heavy atom. The minimum Gasteiger partial charge on any atom is -0.361 e. The van der Waals surface area contributed by atoms with E-state index in [1.807, 2.05) is 4.57 Å². The third-order valence-electron chi connectivity index (χ3n) is 8.08. The Kier molecular flexibility index (Phi) is 7.13. The van der Waals surface area contributed by atoms with Crippen LogP contribution in [0.15, 0.2) is 97.7 Å². The molecule has 0 aliphatic heterocycles. The monoisotopic (exact) mass is 489 g/mol. The van der Waals surface area contributed by atoms with Crippen molar-refractivity contribution in [3.8, 4) is 5.69 Å². The molecule has 1 N–H and O–H groups in total. The van der Waals surface area contributed by atoms with Crippen molar-refractivity contribution in [1.82, 2.24) is 24.6 Å². The number of fused-ring (bicyclic) bond motifs is 1. The van der Waals surface area contributed by atoms with Crippen LogP contribution in [0.25, 0.3) is 16.6 Å². The number of nitrogens with one attached hydrogen (secondary N) is 1. The van der Waals surface area contributed by atoms with E-state index in [0.29, 0.717) is 6.04 Å². The number of aromatic amines is 1. The molecule has 5 heteroatoms. The molecule has 1 saturated carbocycles. The van der Waals surface area contributed by atoms with Crippen LogP contribution < -0.4 is 0 Å². The van der Waals surface area contributed by atoms with E-state index in [1.165, 1.54) is 59.7 Å². The van der Waals surface area contributed by atoms with E-state index in [0.717, 1.165) is 31.1 Å². The molecule has 2 aromatic heterocycles. The highest BCUT2D eigenvalue weighted by molar-refractivity contribution is 5.85. The van der Waals surface area contributed by atoms with Gasteiger partial charge in [0.15, 0.2) is 0 Å². The number of benzene rings is 3. The molecule has 0 amide bonds. The van der Waals surface area contributed by atoms with E-state index in [4.69, 9.17) is 0 Å². The van der Waals surface area contributed by atoms with E-state index >= 15 is 0 Å². The molecule has 0 bridgehead atoms. The number of hydrogen-bond donors (Lipinski definition) is 1. The van der Waals surface area contributed by atoms with Crippen LogP contribution in [0.5, 0.6) is 0 Å². The summed E-state index contributed by atoms with van der Waals surface area (Å²) in [6, 6.07) is 29.1. The average molecular weight is 490 g/mol. The highest BCUT2D eigenvalue weighted by Gasteiger charge is 2.26. The van der Waals surface area contributed by atoms with Gasteiger partial charge in [-0.3, -0.25) is 9.47 Å². The Morgan fingerprint density at radius 1 is 0.784 bits per heavy atom. The van der Waals surface area contributed by atoms with Crippen LogP contribution in [0.2, 0.25) is 0 Å². The fourth-order valence-corrected chi connectivity index (χ4v) is 5.98. The van der Waals surface area contributed by atoms with Crippen molar-refractivity contribution >= 4 is 10.9 Å². The van der Waals surface area contributed by atoms with Crippen molar-refractivity contribution < 1.29 is 0 Å². The first-order chi connectivity index (χ1) is 18.3. The van der Waals surface area contributed by atoms with Crippen LogP contribution >= 0.6 is 0 Å². The highest BCUT2D eigenvalue weighted by atomic mass is 15.2. The minimum absolute atomic E-state index is 0.649. The number of nitrogens with zero attached hydrogens (tertiary/aromatic N) is 4. The third kappa shape index (κ3) is 5.67. The van der Waals surface area contributed by atoms with Gasteiger partial charge in [-0.2, -0.15) is 0 Å². The van der Waals surface area contributed by atoms with Crippen LogP contribution in [0.4, 0.5) is 0 Å². The zero-order valence-electron chi connectivity index (χ0n) is 21.3. The first-order valence-corrected chi connectivity index (χ1v) is 13.6. The van der Waals surface area contributed by atoms with E-state index in [2.05, 4.69) is 105 Å². The lowest BCUT2D eigenvalue weighted by atomic mass is 9.82. The number of hydrogen-bond acceptors (Lipinski definition) is 3. The van der Waals surface area contributed by atoms with Crippen LogP contribution in [0.1, 0.15) is 48.8 Å². The van der Waals surface area contributed by atoms with Gasteiger partial charge in [0.25, 0.3) is 0 Å². The molecule has 37 heavy (non-hydrogen) atoms. The Hall–Kier alpha value is -3.70. The molecule has 3 aromatic carbocycles. The van der Waals surface area contributed by atoms with Gasteiger partial charge in [0.1, 0.15) is 12.7 Å². The smallest absolute Gasteiger partial charge is 0.123 e. The molecule has 0 saturated heterocycles. The predicted molar refractivity (Wildman–Crippen MR) is 149 cm³/mol. The second-order valence-corrected chi connectivity index (χ2v) is 10.5. The van der Waals surface area contributed by atoms with Gasteiger partial charge in [0, 0.05) is 41.9 Å². The Labute approximate surface area is 219 Å². The number of aromatic nitrogens is 4. The summed E-state index contributed by atoms with van der Waals surface area (Å²) in [4.78, 5) is 6.18. The van der Waals surface area contributed by atoms with Gasteiger partial charge in [-0.1, -0.05) is 60.7 Å². The maximum Gasteiger partial charge on any atom is 0.123 e. The van der Waals surface area contributed by atoms with Gasteiger partial charge < -0.3 is 4.98 Å². The Morgan fingerprint density at radius 2 is 1.43 bits per heavy atom. The predicted octanol–water partition coefficient (Wildman–Crippen LogP) is 6.94. The molecule has 1 fully saturated rings. The number of aryl methyl sites for hydroxylation is 1. The molecule has 5 nitrogen and oxygen atoms in total. The molecule has 2 heterocycles. The lowest BCUT2D eigenvalue weighted by Crippen LogP contribution is -2.37. The maximum atomic E-state index is 3.95. The Bertz CT molecular complexity index is 1340.